The van der Waals surface area contributed by atoms with Crippen LogP contribution in [-0.4, -0.2) is 9.97 Å². The van der Waals surface area contributed by atoms with Gasteiger partial charge in [0.15, 0.2) is 0 Å². The number of aromatic nitrogens is 2. The van der Waals surface area contributed by atoms with Crippen molar-refractivity contribution in [2.45, 2.75) is 33.1 Å². The van der Waals surface area contributed by atoms with Gasteiger partial charge in [-0.25, -0.2) is 0 Å². The van der Waals surface area contributed by atoms with Crippen LogP contribution in [0.15, 0.2) is 48.8 Å². The maximum Gasteiger partial charge on any atom is 0.0917 e. The molecule has 1 aliphatic rings. The molecule has 0 amide bonds. The number of rotatable bonds is 1. The predicted octanol–water partition coefficient (Wildman–Crippen LogP) is 5.07. The molecule has 0 fully saturated rings. The lowest BCUT2D eigenvalue weighted by molar-refractivity contribution is 0.660. The fourth-order valence-electron chi connectivity index (χ4n) is 3.78. The standard InChI is InChI=1S/C21H20N2/c1-13-11-17-15-7-5-6-8-18(15)21(3,4)19(17)12-16(13)20-14(2)22-9-10-23-20/h5-12H,1-4H3. The second-order valence-electron chi connectivity index (χ2n) is 6.87. The fraction of sp³-hybridized carbons (Fsp3) is 0.238. The quantitative estimate of drug-likeness (QED) is 0.627. The van der Waals surface area contributed by atoms with Gasteiger partial charge in [0.05, 0.1) is 11.4 Å². The highest BCUT2D eigenvalue weighted by Gasteiger charge is 2.35. The Morgan fingerprint density at radius 2 is 1.52 bits per heavy atom. The topological polar surface area (TPSA) is 25.8 Å². The Balaban J connectivity index is 2.01. The Hall–Kier alpha value is -2.48. The first-order valence-electron chi connectivity index (χ1n) is 8.03. The van der Waals surface area contributed by atoms with Crippen molar-refractivity contribution in [3.05, 3.63) is 71.2 Å². The minimum absolute atomic E-state index is 0.0183. The van der Waals surface area contributed by atoms with E-state index < -0.39 is 0 Å². The first-order valence-corrected chi connectivity index (χ1v) is 8.03. The molecule has 2 aromatic carbocycles. The summed E-state index contributed by atoms with van der Waals surface area (Å²) >= 11 is 0. The van der Waals surface area contributed by atoms with Gasteiger partial charge in [-0.2, -0.15) is 0 Å². The van der Waals surface area contributed by atoms with Gasteiger partial charge in [-0.3, -0.25) is 9.97 Å². The van der Waals surface area contributed by atoms with Gasteiger partial charge in [-0.05, 0) is 47.7 Å². The molecule has 1 aromatic heterocycles. The molecule has 0 saturated carbocycles. The Kier molecular flexibility index (Phi) is 2.92. The van der Waals surface area contributed by atoms with Crippen molar-refractivity contribution in [2.24, 2.45) is 0 Å². The van der Waals surface area contributed by atoms with Crippen molar-refractivity contribution < 1.29 is 0 Å². The van der Waals surface area contributed by atoms with Crippen LogP contribution >= 0.6 is 0 Å². The molecule has 0 unspecified atom stereocenters. The first kappa shape index (κ1) is 14.1. The maximum absolute atomic E-state index is 4.57. The van der Waals surface area contributed by atoms with Gasteiger partial charge in [-0.15, -0.1) is 0 Å². The SMILES string of the molecule is Cc1cc2c(cc1-c1nccnc1C)C(C)(C)c1ccccc1-2. The fourth-order valence-corrected chi connectivity index (χ4v) is 3.78. The zero-order chi connectivity index (χ0) is 16.2. The average molecular weight is 300 g/mol. The number of nitrogens with zero attached hydrogens (tertiary/aromatic N) is 2. The second-order valence-corrected chi connectivity index (χ2v) is 6.87. The Bertz CT molecular complexity index is 923. The molecule has 1 heterocycles. The number of aryl methyl sites for hydroxylation is 2. The van der Waals surface area contributed by atoms with Crippen LogP contribution in [0.2, 0.25) is 0 Å². The molecular formula is C21H20N2. The lowest BCUT2D eigenvalue weighted by atomic mass is 9.81. The number of hydrogen-bond acceptors (Lipinski definition) is 2. The maximum atomic E-state index is 4.57. The summed E-state index contributed by atoms with van der Waals surface area (Å²) in [6.07, 6.45) is 3.52. The average Bonchev–Trinajstić information content (AvgIpc) is 2.76. The molecule has 0 saturated heterocycles. The second kappa shape index (κ2) is 4.76. The highest BCUT2D eigenvalue weighted by molar-refractivity contribution is 5.84. The van der Waals surface area contributed by atoms with E-state index in [1.54, 1.807) is 12.4 Å². The molecule has 0 N–H and O–H groups in total. The number of hydrogen-bond donors (Lipinski definition) is 0. The molecule has 114 valence electrons. The van der Waals surface area contributed by atoms with Crippen LogP contribution in [0.4, 0.5) is 0 Å². The summed E-state index contributed by atoms with van der Waals surface area (Å²) in [5, 5.41) is 0. The minimum Gasteiger partial charge on any atom is -0.258 e. The van der Waals surface area contributed by atoms with E-state index in [2.05, 4.69) is 67.1 Å². The van der Waals surface area contributed by atoms with Crippen molar-refractivity contribution in [3.8, 4) is 22.4 Å². The van der Waals surface area contributed by atoms with Gasteiger partial charge in [0.2, 0.25) is 0 Å². The highest BCUT2D eigenvalue weighted by atomic mass is 14.8. The highest BCUT2D eigenvalue weighted by Crippen LogP contribution is 2.50. The van der Waals surface area contributed by atoms with Gasteiger partial charge in [0, 0.05) is 23.4 Å². The Morgan fingerprint density at radius 1 is 0.783 bits per heavy atom. The van der Waals surface area contributed by atoms with Crippen LogP contribution in [-0.2, 0) is 5.41 Å². The minimum atomic E-state index is 0.0183. The largest absolute Gasteiger partial charge is 0.258 e. The monoisotopic (exact) mass is 300 g/mol. The molecule has 0 aliphatic heterocycles. The van der Waals surface area contributed by atoms with Crippen molar-refractivity contribution in [1.82, 2.24) is 9.97 Å². The van der Waals surface area contributed by atoms with Crippen LogP contribution in [0.1, 0.15) is 36.2 Å². The Morgan fingerprint density at radius 3 is 2.30 bits per heavy atom. The van der Waals surface area contributed by atoms with E-state index in [1.165, 1.54) is 33.4 Å². The Labute approximate surface area is 137 Å². The molecule has 23 heavy (non-hydrogen) atoms. The summed E-state index contributed by atoms with van der Waals surface area (Å²) in [6, 6.07) is 13.4. The van der Waals surface area contributed by atoms with Crippen LogP contribution in [0.3, 0.4) is 0 Å². The molecule has 2 nitrogen and oxygen atoms in total. The lowest BCUT2D eigenvalue weighted by Gasteiger charge is -2.22. The normalized spacial score (nSPS) is 14.4. The molecule has 2 heteroatoms. The molecule has 0 spiro atoms. The van der Waals surface area contributed by atoms with Gasteiger partial charge in [0.25, 0.3) is 0 Å². The third-order valence-electron chi connectivity index (χ3n) is 5.06. The lowest BCUT2D eigenvalue weighted by Crippen LogP contribution is -2.15. The third-order valence-corrected chi connectivity index (χ3v) is 5.06. The molecular weight excluding hydrogens is 280 g/mol. The van der Waals surface area contributed by atoms with E-state index in [4.69, 9.17) is 0 Å². The molecule has 1 aliphatic carbocycles. The molecule has 3 aromatic rings. The van der Waals surface area contributed by atoms with E-state index in [0.717, 1.165) is 11.4 Å². The molecule has 0 bridgehead atoms. The van der Waals surface area contributed by atoms with Gasteiger partial charge in [-0.1, -0.05) is 44.2 Å². The van der Waals surface area contributed by atoms with E-state index >= 15 is 0 Å². The van der Waals surface area contributed by atoms with Gasteiger partial charge < -0.3 is 0 Å². The zero-order valence-corrected chi connectivity index (χ0v) is 14.0. The van der Waals surface area contributed by atoms with E-state index in [1.807, 2.05) is 6.92 Å². The van der Waals surface area contributed by atoms with E-state index in [9.17, 15) is 0 Å². The van der Waals surface area contributed by atoms with Crippen LogP contribution < -0.4 is 0 Å². The van der Waals surface area contributed by atoms with Crippen molar-refractivity contribution in [1.29, 1.82) is 0 Å². The summed E-state index contributed by atoms with van der Waals surface area (Å²) in [4.78, 5) is 8.97. The van der Waals surface area contributed by atoms with Crippen molar-refractivity contribution >= 4 is 0 Å². The molecule has 4 rings (SSSR count). The summed E-state index contributed by atoms with van der Waals surface area (Å²) in [5.41, 5.74) is 9.92. The van der Waals surface area contributed by atoms with Crippen LogP contribution in [0.5, 0.6) is 0 Å². The summed E-state index contributed by atoms with van der Waals surface area (Å²) in [5.74, 6) is 0. The summed E-state index contributed by atoms with van der Waals surface area (Å²) < 4.78 is 0. The van der Waals surface area contributed by atoms with E-state index in [-0.39, 0.29) is 5.41 Å². The van der Waals surface area contributed by atoms with Gasteiger partial charge in [0.1, 0.15) is 0 Å². The molecule has 0 radical (unpaired) electrons. The zero-order valence-electron chi connectivity index (χ0n) is 14.0. The first-order chi connectivity index (χ1) is 11.0. The van der Waals surface area contributed by atoms with Crippen molar-refractivity contribution in [2.75, 3.05) is 0 Å². The van der Waals surface area contributed by atoms with Crippen LogP contribution in [0, 0.1) is 13.8 Å². The van der Waals surface area contributed by atoms with E-state index in [0.29, 0.717) is 0 Å². The smallest absolute Gasteiger partial charge is 0.0917 e. The summed E-state index contributed by atoms with van der Waals surface area (Å²) in [6.45, 7) is 8.80. The van der Waals surface area contributed by atoms with Gasteiger partial charge >= 0.3 is 0 Å². The molecule has 0 atom stereocenters. The van der Waals surface area contributed by atoms with Crippen LogP contribution in [0.25, 0.3) is 22.4 Å². The third kappa shape index (κ3) is 1.94. The summed E-state index contributed by atoms with van der Waals surface area (Å²) in [7, 11) is 0. The van der Waals surface area contributed by atoms with Crippen molar-refractivity contribution in [3.63, 3.8) is 0 Å². The number of benzene rings is 2. The number of fused-ring (bicyclic) bond motifs is 3. The predicted molar refractivity (Wildman–Crippen MR) is 94.5 cm³/mol.